The summed E-state index contributed by atoms with van der Waals surface area (Å²) in [6.45, 7) is 7.81. The number of aromatic nitrogens is 3. The number of hydrogen-bond acceptors (Lipinski definition) is 7. The summed E-state index contributed by atoms with van der Waals surface area (Å²) in [5.41, 5.74) is 4.86. The molecule has 13 heteroatoms. The van der Waals surface area contributed by atoms with Gasteiger partial charge >= 0.3 is 12.5 Å². The highest BCUT2D eigenvalue weighted by molar-refractivity contribution is 8.15. The number of halogens is 3. The molecule has 4 aromatic rings. The smallest absolute Gasteiger partial charge is 0.445 e. The lowest BCUT2D eigenvalue weighted by molar-refractivity contribution is -0.274. The number of aryl methyl sites for hydroxylation is 1. The maximum absolute atomic E-state index is 12.8. The van der Waals surface area contributed by atoms with Crippen LogP contribution in [-0.4, -0.2) is 50.2 Å². The van der Waals surface area contributed by atoms with Crippen molar-refractivity contribution < 1.29 is 32.2 Å². The number of anilines is 1. The molecule has 2 heterocycles. The molecule has 1 atom stereocenters. The standard InChI is InChI=1S/C32H30F3N5O4S/c1-19(2)26-14-5-20(3)15-27(26)40-28(41)17-45-30(40)37-31(42)43-21(4)16-22-6-8-23(9-7-22)29-36-18-39(38-29)24-10-12-25(13-11-24)44-32(33,34)35/h5-15,18-19,21H,16-17H2,1-4H3. The molecule has 1 aliphatic rings. The molecule has 45 heavy (non-hydrogen) atoms. The van der Waals surface area contributed by atoms with Crippen LogP contribution in [0.1, 0.15) is 43.4 Å². The van der Waals surface area contributed by atoms with Crippen LogP contribution >= 0.6 is 11.8 Å². The number of thioether (sulfide) groups is 1. The van der Waals surface area contributed by atoms with Gasteiger partial charge in [-0.2, -0.15) is 4.99 Å². The fourth-order valence-corrected chi connectivity index (χ4v) is 5.63. The summed E-state index contributed by atoms with van der Waals surface area (Å²) >= 11 is 1.21. The summed E-state index contributed by atoms with van der Waals surface area (Å²) in [4.78, 5) is 35.5. The van der Waals surface area contributed by atoms with E-state index in [1.165, 1.54) is 51.9 Å². The number of ether oxygens (including phenoxy) is 2. The number of carbonyl (C=O) groups excluding carboxylic acids is 2. The van der Waals surface area contributed by atoms with Gasteiger partial charge in [-0.15, -0.1) is 18.3 Å². The number of rotatable bonds is 8. The summed E-state index contributed by atoms with van der Waals surface area (Å²) in [5, 5.41) is 4.71. The van der Waals surface area contributed by atoms with Crippen LogP contribution in [0.4, 0.5) is 23.7 Å². The van der Waals surface area contributed by atoms with Crippen molar-refractivity contribution in [1.29, 1.82) is 0 Å². The first-order valence-corrected chi connectivity index (χ1v) is 15.1. The normalized spacial score (nSPS) is 15.2. The highest BCUT2D eigenvalue weighted by Gasteiger charge is 2.33. The van der Waals surface area contributed by atoms with Gasteiger partial charge in [0.15, 0.2) is 11.0 Å². The molecule has 2 amide bonds. The van der Waals surface area contributed by atoms with Gasteiger partial charge in [0.1, 0.15) is 18.2 Å². The SMILES string of the molecule is Cc1ccc(C(C)C)c(N2C(=O)CSC2=NC(=O)OC(C)Cc2ccc(-c3ncn(-c4ccc(OC(F)(F)F)cc4)n3)cc2)c1. The van der Waals surface area contributed by atoms with Crippen molar-refractivity contribution in [3.05, 3.63) is 89.7 Å². The molecule has 1 saturated heterocycles. The van der Waals surface area contributed by atoms with E-state index in [1.807, 2.05) is 63.2 Å². The molecule has 5 rings (SSSR count). The van der Waals surface area contributed by atoms with Crippen molar-refractivity contribution in [1.82, 2.24) is 14.8 Å². The summed E-state index contributed by atoms with van der Waals surface area (Å²) in [7, 11) is 0. The Morgan fingerprint density at radius 1 is 1.04 bits per heavy atom. The number of aliphatic imine (C=N–C) groups is 1. The Morgan fingerprint density at radius 3 is 2.42 bits per heavy atom. The Bertz CT molecular complexity index is 1720. The summed E-state index contributed by atoms with van der Waals surface area (Å²) in [6.07, 6.45) is -4.13. The van der Waals surface area contributed by atoms with E-state index in [2.05, 4.69) is 19.8 Å². The molecular formula is C32H30F3N5O4S. The third-order valence-corrected chi connectivity index (χ3v) is 7.79. The van der Waals surface area contributed by atoms with Crippen molar-refractivity contribution in [2.45, 2.75) is 52.5 Å². The first-order chi connectivity index (χ1) is 21.4. The van der Waals surface area contributed by atoms with E-state index in [0.29, 0.717) is 23.1 Å². The predicted octanol–water partition coefficient (Wildman–Crippen LogP) is 7.47. The third kappa shape index (κ3) is 7.90. The maximum atomic E-state index is 12.8. The maximum Gasteiger partial charge on any atom is 0.573 e. The number of nitrogens with zero attached hydrogens (tertiary/aromatic N) is 5. The Labute approximate surface area is 262 Å². The quantitative estimate of drug-likeness (QED) is 0.198. The molecule has 1 unspecified atom stereocenters. The largest absolute Gasteiger partial charge is 0.573 e. The summed E-state index contributed by atoms with van der Waals surface area (Å²) < 4.78 is 48.2. The van der Waals surface area contributed by atoms with E-state index in [9.17, 15) is 22.8 Å². The molecule has 1 aliphatic heterocycles. The predicted molar refractivity (Wildman–Crippen MR) is 166 cm³/mol. The molecule has 0 aliphatic carbocycles. The molecule has 234 valence electrons. The molecule has 0 saturated carbocycles. The lowest BCUT2D eigenvalue weighted by Crippen LogP contribution is -2.31. The van der Waals surface area contributed by atoms with Gasteiger partial charge in [-0.3, -0.25) is 9.69 Å². The first kappa shape index (κ1) is 31.8. The van der Waals surface area contributed by atoms with Gasteiger partial charge in [-0.05, 0) is 66.8 Å². The van der Waals surface area contributed by atoms with Crippen molar-refractivity contribution in [2.75, 3.05) is 10.7 Å². The van der Waals surface area contributed by atoms with Crippen molar-refractivity contribution >= 4 is 34.6 Å². The van der Waals surface area contributed by atoms with E-state index in [0.717, 1.165) is 27.9 Å². The Kier molecular flexibility index (Phi) is 9.28. The summed E-state index contributed by atoms with van der Waals surface area (Å²) in [5.74, 6) is 0.324. The Balaban J connectivity index is 1.20. The number of alkyl halides is 3. The topological polar surface area (TPSA) is 98.9 Å². The average molecular weight is 638 g/mol. The van der Waals surface area contributed by atoms with E-state index >= 15 is 0 Å². The van der Waals surface area contributed by atoms with Gasteiger partial charge in [0.25, 0.3) is 0 Å². The van der Waals surface area contributed by atoms with Gasteiger partial charge in [0.05, 0.1) is 17.1 Å². The minimum atomic E-state index is -4.76. The number of benzene rings is 3. The zero-order valence-corrected chi connectivity index (χ0v) is 25.7. The zero-order chi connectivity index (χ0) is 32.3. The molecule has 0 bridgehead atoms. The van der Waals surface area contributed by atoms with Crippen LogP contribution in [0, 0.1) is 6.92 Å². The Hall–Kier alpha value is -4.65. The lowest BCUT2D eigenvalue weighted by atomic mass is 9.99. The molecule has 0 N–H and O–H groups in total. The van der Waals surface area contributed by atoms with Crippen LogP contribution in [0.2, 0.25) is 0 Å². The lowest BCUT2D eigenvalue weighted by Gasteiger charge is -2.22. The van der Waals surface area contributed by atoms with E-state index in [4.69, 9.17) is 4.74 Å². The number of carbonyl (C=O) groups is 2. The molecule has 0 radical (unpaired) electrons. The average Bonchev–Trinajstić information content (AvgIpc) is 3.60. The van der Waals surface area contributed by atoms with Crippen LogP contribution < -0.4 is 9.64 Å². The highest BCUT2D eigenvalue weighted by Crippen LogP contribution is 2.34. The van der Waals surface area contributed by atoms with Crippen molar-refractivity contribution in [3.8, 4) is 22.8 Å². The van der Waals surface area contributed by atoms with Gasteiger partial charge in [-0.25, -0.2) is 14.5 Å². The second-order valence-electron chi connectivity index (χ2n) is 10.8. The highest BCUT2D eigenvalue weighted by atomic mass is 32.2. The molecule has 1 fully saturated rings. The fourth-order valence-electron chi connectivity index (χ4n) is 4.78. The minimum Gasteiger partial charge on any atom is -0.445 e. The summed E-state index contributed by atoms with van der Waals surface area (Å²) in [6, 6.07) is 18.6. The van der Waals surface area contributed by atoms with Gasteiger partial charge in [0, 0.05) is 12.0 Å². The van der Waals surface area contributed by atoms with Crippen LogP contribution in [0.5, 0.6) is 5.75 Å². The van der Waals surface area contributed by atoms with Crippen LogP contribution in [-0.2, 0) is 16.0 Å². The van der Waals surface area contributed by atoms with Gasteiger partial charge in [0.2, 0.25) is 5.91 Å². The van der Waals surface area contributed by atoms with Gasteiger partial charge < -0.3 is 9.47 Å². The number of amides is 2. The fraction of sp³-hybridized carbons (Fsp3) is 0.281. The molecule has 9 nitrogen and oxygen atoms in total. The molecular weight excluding hydrogens is 607 g/mol. The van der Waals surface area contributed by atoms with E-state index < -0.39 is 18.6 Å². The molecule has 3 aromatic carbocycles. The van der Waals surface area contributed by atoms with Crippen molar-refractivity contribution in [2.24, 2.45) is 4.99 Å². The Morgan fingerprint density at radius 2 is 1.76 bits per heavy atom. The van der Waals surface area contributed by atoms with Crippen LogP contribution in [0.3, 0.4) is 0 Å². The van der Waals surface area contributed by atoms with E-state index in [-0.39, 0.29) is 23.3 Å². The monoisotopic (exact) mass is 637 g/mol. The second kappa shape index (κ2) is 13.1. The number of hydrogen-bond donors (Lipinski definition) is 0. The number of amidine groups is 1. The van der Waals surface area contributed by atoms with Crippen LogP contribution in [0.15, 0.2) is 78.0 Å². The van der Waals surface area contributed by atoms with Gasteiger partial charge in [-0.1, -0.05) is 62.0 Å². The zero-order valence-electron chi connectivity index (χ0n) is 24.9. The molecule has 0 spiro atoms. The minimum absolute atomic E-state index is 0.139. The molecule has 1 aromatic heterocycles. The van der Waals surface area contributed by atoms with E-state index in [1.54, 1.807) is 6.92 Å². The first-order valence-electron chi connectivity index (χ1n) is 14.1. The third-order valence-electron chi connectivity index (χ3n) is 6.87. The van der Waals surface area contributed by atoms with Crippen LogP contribution in [0.25, 0.3) is 17.1 Å². The van der Waals surface area contributed by atoms with Crippen molar-refractivity contribution in [3.63, 3.8) is 0 Å². The second-order valence-corrected chi connectivity index (χ2v) is 11.7.